The van der Waals surface area contributed by atoms with E-state index in [2.05, 4.69) is 44.2 Å². The van der Waals surface area contributed by atoms with Crippen LogP contribution < -0.4 is 20.7 Å². The summed E-state index contributed by atoms with van der Waals surface area (Å²) in [6.07, 6.45) is 4.26. The maximum Gasteiger partial charge on any atom is 0.246 e. The van der Waals surface area contributed by atoms with Gasteiger partial charge in [0.1, 0.15) is 12.3 Å². The minimum absolute atomic E-state index is 0. The molecule has 3 aromatic rings. The maximum atomic E-state index is 12.2. The summed E-state index contributed by atoms with van der Waals surface area (Å²) in [5, 5.41) is 13.6. The van der Waals surface area contributed by atoms with Gasteiger partial charge in [0, 0.05) is 38.2 Å². The standard InChI is InChI=1S/C24H30N6O2.HI/c1-18-8-9-19(15-22(18)32-3)10-12-26-24(25-2)27-16-20-6-4-7-21(14-20)29-23(31)17-30-13-5-11-28-30;/h4-9,11,13-15H,10,12,16-17H2,1-3H3,(H,29,31)(H2,25,26,27);1H. The van der Waals surface area contributed by atoms with Gasteiger partial charge in [0.2, 0.25) is 5.91 Å². The van der Waals surface area contributed by atoms with E-state index in [1.165, 1.54) is 5.56 Å². The Hall–Kier alpha value is -3.08. The Bertz CT molecular complexity index is 1050. The minimum Gasteiger partial charge on any atom is -0.496 e. The van der Waals surface area contributed by atoms with Crippen molar-refractivity contribution in [2.24, 2.45) is 4.99 Å². The third-order valence-electron chi connectivity index (χ3n) is 4.94. The Kier molecular flexibility index (Phi) is 10.7. The van der Waals surface area contributed by atoms with Crippen LogP contribution in [0.5, 0.6) is 5.75 Å². The number of benzene rings is 2. The van der Waals surface area contributed by atoms with E-state index in [9.17, 15) is 4.79 Å². The number of methoxy groups -OCH3 is 1. The van der Waals surface area contributed by atoms with E-state index in [0.29, 0.717) is 6.54 Å². The first-order chi connectivity index (χ1) is 15.6. The molecule has 1 amide bonds. The number of ether oxygens (including phenoxy) is 1. The summed E-state index contributed by atoms with van der Waals surface area (Å²) in [5.41, 5.74) is 4.11. The van der Waals surface area contributed by atoms with Crippen molar-refractivity contribution in [3.8, 4) is 5.75 Å². The van der Waals surface area contributed by atoms with Crippen LogP contribution in [0.15, 0.2) is 65.9 Å². The Morgan fingerprint density at radius 3 is 2.70 bits per heavy atom. The molecule has 0 aliphatic carbocycles. The SMILES string of the molecule is CN=C(NCCc1ccc(C)c(OC)c1)NCc1cccc(NC(=O)Cn2cccn2)c1.I. The molecule has 176 valence electrons. The van der Waals surface area contributed by atoms with Gasteiger partial charge >= 0.3 is 0 Å². The van der Waals surface area contributed by atoms with E-state index in [1.807, 2.05) is 31.2 Å². The Balaban J connectivity index is 0.00000385. The second kappa shape index (κ2) is 13.5. The molecule has 0 radical (unpaired) electrons. The molecule has 0 saturated heterocycles. The van der Waals surface area contributed by atoms with E-state index in [1.54, 1.807) is 37.3 Å². The lowest BCUT2D eigenvalue weighted by Gasteiger charge is -2.13. The molecule has 1 heterocycles. The number of hydrogen-bond acceptors (Lipinski definition) is 4. The summed E-state index contributed by atoms with van der Waals surface area (Å²) >= 11 is 0. The van der Waals surface area contributed by atoms with Crippen molar-refractivity contribution in [3.63, 3.8) is 0 Å². The second-order valence-electron chi connectivity index (χ2n) is 7.36. The van der Waals surface area contributed by atoms with E-state index >= 15 is 0 Å². The number of anilines is 1. The van der Waals surface area contributed by atoms with Gasteiger partial charge in [-0.25, -0.2) is 0 Å². The Labute approximate surface area is 211 Å². The molecule has 33 heavy (non-hydrogen) atoms. The molecule has 2 aromatic carbocycles. The highest BCUT2D eigenvalue weighted by Gasteiger charge is 2.06. The average Bonchev–Trinajstić information content (AvgIpc) is 3.30. The van der Waals surface area contributed by atoms with Crippen LogP contribution in [0.1, 0.15) is 16.7 Å². The summed E-state index contributed by atoms with van der Waals surface area (Å²) < 4.78 is 6.98. The number of aromatic nitrogens is 2. The van der Waals surface area contributed by atoms with E-state index in [0.717, 1.165) is 41.5 Å². The third-order valence-corrected chi connectivity index (χ3v) is 4.94. The van der Waals surface area contributed by atoms with Crippen LogP contribution in [0.25, 0.3) is 0 Å². The smallest absolute Gasteiger partial charge is 0.246 e. The zero-order valence-corrected chi connectivity index (χ0v) is 21.5. The molecule has 0 atom stereocenters. The number of amides is 1. The molecular formula is C24H31IN6O2. The quantitative estimate of drug-likeness (QED) is 0.211. The van der Waals surface area contributed by atoms with Gasteiger partial charge in [-0.1, -0.05) is 24.3 Å². The Morgan fingerprint density at radius 2 is 1.97 bits per heavy atom. The normalized spacial score (nSPS) is 10.8. The first kappa shape index (κ1) is 26.2. The summed E-state index contributed by atoms with van der Waals surface area (Å²) in [6.45, 7) is 3.54. The number of carbonyl (C=O) groups excluding carboxylic acids is 1. The first-order valence-electron chi connectivity index (χ1n) is 10.5. The number of rotatable bonds is 9. The van der Waals surface area contributed by atoms with Crippen molar-refractivity contribution in [2.75, 3.05) is 26.0 Å². The molecule has 0 saturated carbocycles. The fourth-order valence-corrected chi connectivity index (χ4v) is 3.25. The average molecular weight is 562 g/mol. The van der Waals surface area contributed by atoms with Crippen molar-refractivity contribution < 1.29 is 9.53 Å². The van der Waals surface area contributed by atoms with Gasteiger partial charge in [-0.15, -0.1) is 24.0 Å². The van der Waals surface area contributed by atoms with Crippen LogP contribution in [0.3, 0.4) is 0 Å². The summed E-state index contributed by atoms with van der Waals surface area (Å²) in [6, 6.07) is 15.8. The largest absolute Gasteiger partial charge is 0.496 e. The zero-order valence-electron chi connectivity index (χ0n) is 19.2. The lowest BCUT2D eigenvalue weighted by Crippen LogP contribution is -2.37. The molecule has 0 spiro atoms. The predicted octanol–water partition coefficient (Wildman–Crippen LogP) is 3.36. The van der Waals surface area contributed by atoms with Gasteiger partial charge in [-0.05, 0) is 54.3 Å². The van der Waals surface area contributed by atoms with Gasteiger partial charge in [0.15, 0.2) is 5.96 Å². The van der Waals surface area contributed by atoms with Crippen molar-refractivity contribution in [2.45, 2.75) is 26.4 Å². The molecule has 3 rings (SSSR count). The van der Waals surface area contributed by atoms with Gasteiger partial charge < -0.3 is 20.7 Å². The molecule has 0 fully saturated rings. The molecule has 0 bridgehead atoms. The monoisotopic (exact) mass is 562 g/mol. The van der Waals surface area contributed by atoms with Crippen molar-refractivity contribution in [1.29, 1.82) is 0 Å². The lowest BCUT2D eigenvalue weighted by molar-refractivity contribution is -0.116. The molecule has 9 heteroatoms. The highest BCUT2D eigenvalue weighted by atomic mass is 127. The topological polar surface area (TPSA) is 92.6 Å². The van der Waals surface area contributed by atoms with Crippen molar-refractivity contribution >= 4 is 41.5 Å². The number of aryl methyl sites for hydroxylation is 1. The molecule has 0 aliphatic rings. The number of carbonyl (C=O) groups is 1. The molecule has 1 aromatic heterocycles. The van der Waals surface area contributed by atoms with E-state index in [-0.39, 0.29) is 36.4 Å². The number of guanidine groups is 1. The fourth-order valence-electron chi connectivity index (χ4n) is 3.25. The number of aliphatic imine (C=N–C) groups is 1. The van der Waals surface area contributed by atoms with Crippen LogP contribution in [0, 0.1) is 6.92 Å². The maximum absolute atomic E-state index is 12.2. The molecule has 3 N–H and O–H groups in total. The highest BCUT2D eigenvalue weighted by molar-refractivity contribution is 14.0. The lowest BCUT2D eigenvalue weighted by atomic mass is 10.1. The van der Waals surface area contributed by atoms with Crippen LogP contribution in [0.2, 0.25) is 0 Å². The zero-order chi connectivity index (χ0) is 22.8. The minimum atomic E-state index is -0.121. The van der Waals surface area contributed by atoms with Crippen molar-refractivity contribution in [1.82, 2.24) is 20.4 Å². The first-order valence-corrected chi connectivity index (χ1v) is 10.5. The summed E-state index contributed by atoms with van der Waals surface area (Å²) in [5.74, 6) is 1.50. The van der Waals surface area contributed by atoms with Crippen molar-refractivity contribution in [3.05, 3.63) is 77.6 Å². The number of nitrogens with zero attached hydrogens (tertiary/aromatic N) is 3. The summed E-state index contributed by atoms with van der Waals surface area (Å²) in [7, 11) is 3.44. The molecule has 0 unspecified atom stereocenters. The van der Waals surface area contributed by atoms with Gasteiger partial charge in [-0.3, -0.25) is 14.5 Å². The van der Waals surface area contributed by atoms with Gasteiger partial charge in [0.05, 0.1) is 7.11 Å². The van der Waals surface area contributed by atoms with Crippen LogP contribution in [-0.4, -0.2) is 42.3 Å². The Morgan fingerprint density at radius 1 is 1.12 bits per heavy atom. The number of hydrogen-bond donors (Lipinski definition) is 3. The number of halogens is 1. The van der Waals surface area contributed by atoms with E-state index in [4.69, 9.17) is 4.74 Å². The number of nitrogens with one attached hydrogen (secondary N) is 3. The van der Waals surface area contributed by atoms with E-state index < -0.39 is 0 Å². The van der Waals surface area contributed by atoms with Gasteiger partial charge in [0.25, 0.3) is 0 Å². The molecule has 0 aliphatic heterocycles. The second-order valence-corrected chi connectivity index (χ2v) is 7.36. The molecule has 8 nitrogen and oxygen atoms in total. The van der Waals surface area contributed by atoms with Gasteiger partial charge in [-0.2, -0.15) is 5.10 Å². The van der Waals surface area contributed by atoms with Crippen LogP contribution in [0.4, 0.5) is 5.69 Å². The molecular weight excluding hydrogens is 531 g/mol. The third kappa shape index (κ3) is 8.41. The van der Waals surface area contributed by atoms with Crippen LogP contribution in [-0.2, 0) is 24.3 Å². The summed E-state index contributed by atoms with van der Waals surface area (Å²) in [4.78, 5) is 16.5. The highest BCUT2D eigenvalue weighted by Crippen LogP contribution is 2.19. The van der Waals surface area contributed by atoms with Crippen LogP contribution >= 0.6 is 24.0 Å². The fraction of sp³-hybridized carbons (Fsp3) is 0.292. The predicted molar refractivity (Wildman–Crippen MR) is 142 cm³/mol.